The number of aromatic nitrogens is 2. The summed E-state index contributed by atoms with van der Waals surface area (Å²) in [6.07, 6.45) is 1.72. The molecule has 0 aliphatic heterocycles. The summed E-state index contributed by atoms with van der Waals surface area (Å²) in [5.74, 6) is 1.76. The second kappa shape index (κ2) is 9.06. The van der Waals surface area contributed by atoms with Gasteiger partial charge in [0.2, 0.25) is 0 Å². The van der Waals surface area contributed by atoms with E-state index in [0.717, 1.165) is 24.0 Å². The fourth-order valence-electron chi connectivity index (χ4n) is 2.97. The lowest BCUT2D eigenvalue weighted by Gasteiger charge is -2.15. The Morgan fingerprint density at radius 3 is 2.71 bits per heavy atom. The van der Waals surface area contributed by atoms with E-state index in [0.29, 0.717) is 39.8 Å². The van der Waals surface area contributed by atoms with E-state index >= 15 is 0 Å². The van der Waals surface area contributed by atoms with Crippen LogP contribution < -0.4 is 10.3 Å². The van der Waals surface area contributed by atoms with Gasteiger partial charge in [-0.2, -0.15) is 0 Å². The number of thioether (sulfide) groups is 1. The zero-order chi connectivity index (χ0) is 20.1. The minimum Gasteiger partial charge on any atom is -0.496 e. The van der Waals surface area contributed by atoms with Crippen molar-refractivity contribution in [3.05, 3.63) is 63.9 Å². The number of ether oxygens (including phenoxy) is 1. The summed E-state index contributed by atoms with van der Waals surface area (Å²) >= 11 is 1.49. The third-order valence-corrected chi connectivity index (χ3v) is 5.58. The van der Waals surface area contributed by atoms with Gasteiger partial charge in [-0.05, 0) is 42.7 Å². The first-order chi connectivity index (χ1) is 13.5. The highest BCUT2D eigenvalue weighted by molar-refractivity contribution is 7.98. The molecule has 0 N–H and O–H groups in total. The average molecular weight is 397 g/mol. The van der Waals surface area contributed by atoms with Crippen LogP contribution in [0.3, 0.4) is 0 Å². The van der Waals surface area contributed by atoms with Crippen molar-refractivity contribution in [3.63, 3.8) is 0 Å². The number of hydrogen-bond donors (Lipinski definition) is 0. The molecule has 0 unspecified atom stereocenters. The first-order valence-corrected chi connectivity index (χ1v) is 10.3. The predicted octanol–water partition coefficient (Wildman–Crippen LogP) is 4.56. The molecule has 3 rings (SSSR count). The lowest BCUT2D eigenvalue weighted by Crippen LogP contribution is -2.24. The molecule has 6 heteroatoms. The van der Waals surface area contributed by atoms with E-state index in [2.05, 4.69) is 13.8 Å². The summed E-state index contributed by atoms with van der Waals surface area (Å²) in [7, 11) is 1.61. The van der Waals surface area contributed by atoms with Crippen LogP contribution in [-0.4, -0.2) is 22.9 Å². The van der Waals surface area contributed by atoms with E-state index in [1.54, 1.807) is 23.8 Å². The van der Waals surface area contributed by atoms with Gasteiger partial charge in [-0.15, -0.1) is 0 Å². The quantitative estimate of drug-likeness (QED) is 0.317. The van der Waals surface area contributed by atoms with E-state index in [1.165, 1.54) is 11.8 Å². The topological polar surface area (TPSA) is 61.2 Å². The number of nitrogens with zero attached hydrogens (tertiary/aromatic N) is 2. The maximum Gasteiger partial charge on any atom is 0.262 e. The normalized spacial score (nSPS) is 11.1. The molecule has 0 aliphatic rings. The van der Waals surface area contributed by atoms with Crippen molar-refractivity contribution in [1.82, 2.24) is 9.55 Å². The van der Waals surface area contributed by atoms with E-state index in [9.17, 15) is 9.59 Å². The van der Waals surface area contributed by atoms with Gasteiger partial charge in [-0.1, -0.05) is 37.7 Å². The van der Waals surface area contributed by atoms with E-state index in [-0.39, 0.29) is 5.56 Å². The van der Waals surface area contributed by atoms with Crippen molar-refractivity contribution < 1.29 is 9.53 Å². The molecule has 0 saturated heterocycles. The summed E-state index contributed by atoms with van der Waals surface area (Å²) in [5.41, 5.74) is 2.18. The van der Waals surface area contributed by atoms with Crippen molar-refractivity contribution in [2.45, 2.75) is 37.7 Å². The highest BCUT2D eigenvalue weighted by atomic mass is 32.2. The molecular weight excluding hydrogens is 372 g/mol. The number of carbonyl (C=O) groups is 1. The number of carbonyl (C=O) groups excluding carboxylic acids is 1. The van der Waals surface area contributed by atoms with E-state index in [1.807, 2.05) is 30.3 Å². The Labute approximate surface area is 168 Å². The van der Waals surface area contributed by atoms with Crippen LogP contribution in [0.2, 0.25) is 0 Å². The lowest BCUT2D eigenvalue weighted by atomic mass is 10.1. The first kappa shape index (κ1) is 20.1. The third-order valence-electron chi connectivity index (χ3n) is 4.55. The summed E-state index contributed by atoms with van der Waals surface area (Å²) in [5, 5.41) is 1.32. The van der Waals surface area contributed by atoms with Crippen LogP contribution in [0.4, 0.5) is 0 Å². The third kappa shape index (κ3) is 4.44. The molecule has 146 valence electrons. The molecule has 28 heavy (non-hydrogen) atoms. The Bertz CT molecular complexity index is 1040. The second-order valence-electron chi connectivity index (χ2n) is 7.03. The number of fused-ring (bicyclic) bond motifs is 1. The molecular formula is C22H24N2O3S. The van der Waals surface area contributed by atoms with Gasteiger partial charge in [-0.3, -0.25) is 14.2 Å². The zero-order valence-corrected chi connectivity index (χ0v) is 17.2. The molecule has 0 radical (unpaired) electrons. The average Bonchev–Trinajstić information content (AvgIpc) is 2.71. The van der Waals surface area contributed by atoms with Crippen LogP contribution in [0.25, 0.3) is 10.9 Å². The molecule has 0 fully saturated rings. The standard InChI is InChI=1S/C22H24N2O3S/c1-15(2)10-11-24-21(26)18-6-4-5-7-19(18)23-22(24)28-14-17-12-16(13-25)8-9-20(17)27-3/h4-9,12-13,15H,10-11,14H2,1-3H3. The van der Waals surface area contributed by atoms with Gasteiger partial charge >= 0.3 is 0 Å². The Hall–Kier alpha value is -2.60. The monoisotopic (exact) mass is 396 g/mol. The van der Waals surface area contributed by atoms with Gasteiger partial charge in [0, 0.05) is 23.4 Å². The molecule has 0 bridgehead atoms. The Morgan fingerprint density at radius 1 is 1.21 bits per heavy atom. The zero-order valence-electron chi connectivity index (χ0n) is 16.3. The number of rotatable bonds is 8. The summed E-state index contributed by atoms with van der Waals surface area (Å²) in [4.78, 5) is 28.9. The van der Waals surface area contributed by atoms with Gasteiger partial charge in [0.15, 0.2) is 5.16 Å². The van der Waals surface area contributed by atoms with Crippen LogP contribution in [0.5, 0.6) is 5.75 Å². The second-order valence-corrected chi connectivity index (χ2v) is 7.97. The molecule has 0 atom stereocenters. The minimum absolute atomic E-state index is 0.0117. The van der Waals surface area contributed by atoms with Crippen LogP contribution in [0, 0.1) is 5.92 Å². The highest BCUT2D eigenvalue weighted by Crippen LogP contribution is 2.28. The van der Waals surface area contributed by atoms with Crippen LogP contribution in [0.1, 0.15) is 36.2 Å². The molecule has 1 heterocycles. The fourth-order valence-corrected chi connectivity index (χ4v) is 3.97. The highest BCUT2D eigenvalue weighted by Gasteiger charge is 2.13. The van der Waals surface area contributed by atoms with Crippen molar-refractivity contribution in [3.8, 4) is 5.75 Å². The van der Waals surface area contributed by atoms with E-state index in [4.69, 9.17) is 9.72 Å². The SMILES string of the molecule is COc1ccc(C=O)cc1CSc1nc2ccccc2c(=O)n1CCC(C)C. The van der Waals surface area contributed by atoms with Crippen LogP contribution >= 0.6 is 11.8 Å². The largest absolute Gasteiger partial charge is 0.496 e. The molecule has 5 nitrogen and oxygen atoms in total. The van der Waals surface area contributed by atoms with Gasteiger partial charge < -0.3 is 4.74 Å². The van der Waals surface area contributed by atoms with Crippen molar-refractivity contribution in [2.24, 2.45) is 5.92 Å². The fraction of sp³-hybridized carbons (Fsp3) is 0.318. The number of benzene rings is 2. The van der Waals surface area contributed by atoms with Crippen LogP contribution in [0.15, 0.2) is 52.4 Å². The van der Waals surface area contributed by atoms with E-state index < -0.39 is 0 Å². The minimum atomic E-state index is -0.0117. The smallest absolute Gasteiger partial charge is 0.262 e. The van der Waals surface area contributed by atoms with Crippen molar-refractivity contribution in [2.75, 3.05) is 7.11 Å². The first-order valence-electron chi connectivity index (χ1n) is 9.28. The van der Waals surface area contributed by atoms with Gasteiger partial charge in [0.25, 0.3) is 5.56 Å². The molecule has 2 aromatic carbocycles. The number of methoxy groups -OCH3 is 1. The molecule has 3 aromatic rings. The van der Waals surface area contributed by atoms with Crippen LogP contribution in [-0.2, 0) is 12.3 Å². The molecule has 1 aromatic heterocycles. The number of aldehydes is 1. The Balaban J connectivity index is 1.98. The molecule has 0 aliphatic carbocycles. The Kier molecular flexibility index (Phi) is 6.52. The maximum absolute atomic E-state index is 13.0. The molecule has 0 saturated carbocycles. The molecule has 0 amide bonds. The van der Waals surface area contributed by atoms with Gasteiger partial charge in [-0.25, -0.2) is 4.98 Å². The maximum atomic E-state index is 13.0. The molecule has 0 spiro atoms. The predicted molar refractivity (Wildman–Crippen MR) is 113 cm³/mol. The summed E-state index contributed by atoms with van der Waals surface area (Å²) in [6.45, 7) is 4.91. The number of hydrogen-bond acceptors (Lipinski definition) is 5. The summed E-state index contributed by atoms with van der Waals surface area (Å²) < 4.78 is 7.19. The number of para-hydroxylation sites is 1. The van der Waals surface area contributed by atoms with Crippen molar-refractivity contribution in [1.29, 1.82) is 0 Å². The lowest BCUT2D eigenvalue weighted by molar-refractivity contribution is 0.112. The van der Waals surface area contributed by atoms with Crippen molar-refractivity contribution >= 4 is 29.0 Å². The summed E-state index contributed by atoms with van der Waals surface area (Å²) in [6, 6.07) is 12.8. The Morgan fingerprint density at radius 2 is 2.00 bits per heavy atom. The van der Waals surface area contributed by atoms with Gasteiger partial charge in [0.1, 0.15) is 12.0 Å². The van der Waals surface area contributed by atoms with Gasteiger partial charge in [0.05, 0.1) is 18.0 Å².